The number of benzene rings is 1. The summed E-state index contributed by atoms with van der Waals surface area (Å²) in [7, 11) is 0. The van der Waals surface area contributed by atoms with Crippen LogP contribution in [0.4, 0.5) is 4.39 Å². The zero-order valence-corrected chi connectivity index (χ0v) is 14.7. The summed E-state index contributed by atoms with van der Waals surface area (Å²) in [5.41, 5.74) is 1.61. The van der Waals surface area contributed by atoms with Crippen LogP contribution in [0.2, 0.25) is 0 Å². The van der Waals surface area contributed by atoms with Crippen LogP contribution in [0.5, 0.6) is 0 Å². The average molecular weight is 365 g/mol. The molecular weight excluding hydrogens is 349 g/mol. The highest BCUT2D eigenvalue weighted by Gasteiger charge is 2.16. The number of aromatic amines is 1. The van der Waals surface area contributed by atoms with E-state index in [-0.39, 0.29) is 18.0 Å². The molecule has 0 unspecified atom stereocenters. The van der Waals surface area contributed by atoms with Gasteiger partial charge in [-0.25, -0.2) is 9.37 Å². The van der Waals surface area contributed by atoms with Crippen LogP contribution >= 0.6 is 0 Å². The third-order valence-corrected chi connectivity index (χ3v) is 4.31. The number of hydrogen-bond donors (Lipinski definition) is 2. The molecule has 0 saturated heterocycles. The Balaban J connectivity index is 1.80. The van der Waals surface area contributed by atoms with Crippen molar-refractivity contribution in [2.24, 2.45) is 0 Å². The van der Waals surface area contributed by atoms with Gasteiger partial charge in [-0.15, -0.1) is 0 Å². The van der Waals surface area contributed by atoms with Crippen molar-refractivity contribution in [1.29, 1.82) is 5.26 Å². The maximum absolute atomic E-state index is 13.3. The monoisotopic (exact) mass is 365 g/mol. The van der Waals surface area contributed by atoms with E-state index in [2.05, 4.69) is 20.3 Å². The molecule has 2 aromatic heterocycles. The zero-order chi connectivity index (χ0) is 19.6. The van der Waals surface area contributed by atoms with Crippen molar-refractivity contribution < 1.29 is 9.18 Å². The minimum absolute atomic E-state index is 0.122. The largest absolute Gasteiger partial charge is 0.348 e. The van der Waals surface area contributed by atoms with Gasteiger partial charge in [0.15, 0.2) is 5.69 Å². The number of nitrogens with zero attached hydrogens (tertiary/aromatic N) is 3. The van der Waals surface area contributed by atoms with E-state index in [9.17, 15) is 14.0 Å². The highest BCUT2D eigenvalue weighted by Crippen LogP contribution is 2.19. The third kappa shape index (κ3) is 3.82. The molecule has 1 atom stereocenters. The molecule has 8 heteroatoms. The van der Waals surface area contributed by atoms with E-state index in [0.717, 1.165) is 0 Å². The van der Waals surface area contributed by atoms with Crippen molar-refractivity contribution >= 4 is 16.8 Å². The molecule has 0 saturated carbocycles. The molecule has 2 N–H and O–H groups in total. The number of rotatable bonds is 4. The van der Waals surface area contributed by atoms with Crippen LogP contribution in [-0.2, 0) is 11.2 Å². The lowest BCUT2D eigenvalue weighted by Crippen LogP contribution is -2.31. The summed E-state index contributed by atoms with van der Waals surface area (Å²) in [6.07, 6.45) is 2.63. The van der Waals surface area contributed by atoms with E-state index in [4.69, 9.17) is 5.26 Å². The van der Waals surface area contributed by atoms with Gasteiger partial charge in [-0.3, -0.25) is 14.6 Å². The van der Waals surface area contributed by atoms with E-state index in [1.807, 2.05) is 6.07 Å². The summed E-state index contributed by atoms with van der Waals surface area (Å²) in [5, 5.41) is 12.2. The normalized spacial score (nSPS) is 11.8. The lowest BCUT2D eigenvalue weighted by molar-refractivity contribution is -0.121. The number of carbonyl (C=O) groups excluding carboxylic acids is 1. The standard InChI is InChI=1S/C19H16FN5O2/c1-10-14-4-3-12(20)5-16(14)25-19(27)15(10)6-18(26)24-11(2)17-9-22-13(7-21)8-23-17/h3-5,8-9,11H,6H2,1-2H3,(H,24,26)(H,25,27)/t11-/m0/s1. The van der Waals surface area contributed by atoms with Crippen molar-refractivity contribution in [3.8, 4) is 6.07 Å². The molecule has 3 aromatic rings. The molecule has 0 aliphatic heterocycles. The minimum atomic E-state index is -0.444. The van der Waals surface area contributed by atoms with Crippen LogP contribution in [0.3, 0.4) is 0 Å². The third-order valence-electron chi connectivity index (χ3n) is 4.31. The van der Waals surface area contributed by atoms with Crippen LogP contribution in [0.25, 0.3) is 10.9 Å². The van der Waals surface area contributed by atoms with Gasteiger partial charge in [0, 0.05) is 10.9 Å². The molecule has 7 nitrogen and oxygen atoms in total. The zero-order valence-electron chi connectivity index (χ0n) is 14.7. The predicted octanol–water partition coefficient (Wildman–Crippen LogP) is 2.06. The number of carbonyl (C=O) groups is 1. The molecule has 1 aromatic carbocycles. The smallest absolute Gasteiger partial charge is 0.252 e. The molecule has 0 spiro atoms. The number of nitrogens with one attached hydrogen (secondary N) is 2. The first-order valence-electron chi connectivity index (χ1n) is 8.21. The van der Waals surface area contributed by atoms with Gasteiger partial charge in [-0.2, -0.15) is 5.26 Å². The predicted molar refractivity (Wildman–Crippen MR) is 96.3 cm³/mol. The number of hydrogen-bond acceptors (Lipinski definition) is 5. The van der Waals surface area contributed by atoms with Crippen LogP contribution in [-0.4, -0.2) is 20.9 Å². The summed E-state index contributed by atoms with van der Waals surface area (Å²) in [4.78, 5) is 35.3. The van der Waals surface area contributed by atoms with Crippen LogP contribution in [0, 0.1) is 24.1 Å². The van der Waals surface area contributed by atoms with E-state index < -0.39 is 17.4 Å². The van der Waals surface area contributed by atoms with Crippen molar-refractivity contribution in [3.63, 3.8) is 0 Å². The second-order valence-electron chi connectivity index (χ2n) is 6.15. The molecule has 0 radical (unpaired) electrons. The molecular formula is C19H16FN5O2. The van der Waals surface area contributed by atoms with Gasteiger partial charge in [-0.1, -0.05) is 0 Å². The molecule has 27 heavy (non-hydrogen) atoms. The molecule has 0 fully saturated rings. The quantitative estimate of drug-likeness (QED) is 0.735. The lowest BCUT2D eigenvalue weighted by Gasteiger charge is -2.14. The van der Waals surface area contributed by atoms with Gasteiger partial charge in [0.05, 0.1) is 36.1 Å². The van der Waals surface area contributed by atoms with Crippen molar-refractivity contribution in [2.75, 3.05) is 0 Å². The maximum Gasteiger partial charge on any atom is 0.252 e. The number of H-pyrrole nitrogens is 1. The van der Waals surface area contributed by atoms with E-state index >= 15 is 0 Å². The number of halogens is 1. The van der Waals surface area contributed by atoms with Crippen molar-refractivity contribution in [2.45, 2.75) is 26.3 Å². The van der Waals surface area contributed by atoms with E-state index in [1.165, 1.54) is 24.5 Å². The molecule has 136 valence electrons. The second kappa shape index (κ2) is 7.33. The number of aromatic nitrogens is 3. The first-order chi connectivity index (χ1) is 12.9. The van der Waals surface area contributed by atoms with E-state index in [1.54, 1.807) is 19.9 Å². The second-order valence-corrected chi connectivity index (χ2v) is 6.15. The number of amides is 1. The van der Waals surface area contributed by atoms with Crippen molar-refractivity contribution in [3.05, 3.63) is 69.3 Å². The van der Waals surface area contributed by atoms with Crippen LogP contribution in [0.15, 0.2) is 35.4 Å². The number of fused-ring (bicyclic) bond motifs is 1. The molecule has 2 heterocycles. The van der Waals surface area contributed by atoms with Gasteiger partial charge in [0.25, 0.3) is 5.56 Å². The Morgan fingerprint density at radius 1 is 1.37 bits per heavy atom. The Kier molecular flexibility index (Phi) is 4.94. The van der Waals surface area contributed by atoms with E-state index in [0.29, 0.717) is 27.7 Å². The summed E-state index contributed by atoms with van der Waals surface area (Å²) >= 11 is 0. The summed E-state index contributed by atoms with van der Waals surface area (Å²) in [5.74, 6) is -0.802. The fourth-order valence-electron chi connectivity index (χ4n) is 2.84. The minimum Gasteiger partial charge on any atom is -0.348 e. The average Bonchev–Trinajstić information content (AvgIpc) is 2.65. The van der Waals surface area contributed by atoms with Crippen LogP contribution < -0.4 is 10.9 Å². The number of pyridine rings is 1. The summed E-state index contributed by atoms with van der Waals surface area (Å²) < 4.78 is 13.3. The summed E-state index contributed by atoms with van der Waals surface area (Å²) in [6.45, 7) is 3.46. The Morgan fingerprint density at radius 2 is 2.15 bits per heavy atom. The van der Waals surface area contributed by atoms with Gasteiger partial charge < -0.3 is 10.3 Å². The fraction of sp³-hybridized carbons (Fsp3) is 0.211. The van der Waals surface area contributed by atoms with Gasteiger partial charge >= 0.3 is 0 Å². The van der Waals surface area contributed by atoms with Gasteiger partial charge in [0.1, 0.15) is 11.9 Å². The first-order valence-corrected chi connectivity index (χ1v) is 8.21. The van der Waals surface area contributed by atoms with Crippen LogP contribution in [0.1, 0.15) is 35.5 Å². The summed E-state index contributed by atoms with van der Waals surface area (Å²) in [6, 6.07) is 5.57. The Bertz CT molecular complexity index is 1120. The molecule has 3 rings (SSSR count). The molecule has 1 amide bonds. The number of aryl methyl sites for hydroxylation is 1. The first kappa shape index (κ1) is 18.2. The Labute approximate surface area is 153 Å². The Hall–Kier alpha value is -3.60. The molecule has 0 bridgehead atoms. The highest BCUT2D eigenvalue weighted by atomic mass is 19.1. The SMILES string of the molecule is Cc1c(CC(=O)N[C@@H](C)c2cnc(C#N)cn2)c(=O)[nH]c2cc(F)ccc12. The lowest BCUT2D eigenvalue weighted by atomic mass is 10.0. The fourth-order valence-corrected chi connectivity index (χ4v) is 2.84. The highest BCUT2D eigenvalue weighted by molar-refractivity contribution is 5.85. The molecule has 0 aliphatic carbocycles. The van der Waals surface area contributed by atoms with Gasteiger partial charge in [-0.05, 0) is 37.6 Å². The molecule has 0 aliphatic rings. The topological polar surface area (TPSA) is 112 Å². The van der Waals surface area contributed by atoms with Crippen molar-refractivity contribution in [1.82, 2.24) is 20.3 Å². The number of nitriles is 1. The maximum atomic E-state index is 13.3. The Morgan fingerprint density at radius 3 is 2.81 bits per heavy atom. The van der Waals surface area contributed by atoms with Gasteiger partial charge in [0.2, 0.25) is 5.91 Å².